The van der Waals surface area contributed by atoms with Crippen LogP contribution in [-0.4, -0.2) is 11.1 Å². The Bertz CT molecular complexity index is 289. The molecule has 1 fully saturated rings. The zero-order valence-corrected chi connectivity index (χ0v) is 9.52. The summed E-state index contributed by atoms with van der Waals surface area (Å²) in [4.78, 5) is 4.06. The number of hydrogen-bond acceptors (Lipinski definition) is 2. The number of pyridine rings is 1. The van der Waals surface area contributed by atoms with Crippen molar-refractivity contribution in [3.05, 3.63) is 24.5 Å². The molecule has 0 bridgehead atoms. The van der Waals surface area contributed by atoms with Gasteiger partial charge in [0.05, 0.1) is 12.3 Å². The highest BCUT2D eigenvalue weighted by Gasteiger charge is 2.25. The number of nitrogens with zero attached hydrogens (tertiary/aromatic N) is 1. The molecule has 82 valence electrons. The highest BCUT2D eigenvalue weighted by Crippen LogP contribution is 2.30. The molecule has 2 atom stereocenters. The van der Waals surface area contributed by atoms with Gasteiger partial charge in [-0.25, -0.2) is 0 Å². The number of rotatable bonds is 2. The van der Waals surface area contributed by atoms with Gasteiger partial charge in [0.1, 0.15) is 5.75 Å². The largest absolute Gasteiger partial charge is 0.489 e. The fourth-order valence-corrected chi connectivity index (χ4v) is 2.58. The minimum absolute atomic E-state index is 0.382. The van der Waals surface area contributed by atoms with Crippen molar-refractivity contribution >= 4 is 0 Å². The summed E-state index contributed by atoms with van der Waals surface area (Å²) in [5.41, 5.74) is 0. The first-order valence-electron chi connectivity index (χ1n) is 5.80. The molecule has 1 aliphatic rings. The minimum Gasteiger partial charge on any atom is -0.489 e. The predicted molar refractivity (Wildman–Crippen MR) is 60.8 cm³/mol. The topological polar surface area (TPSA) is 22.1 Å². The summed E-state index contributed by atoms with van der Waals surface area (Å²) in [6.07, 6.45) is 7.65. The SMILES string of the molecule is CC1CC(C)CC(Oc2cccnc2)C1. The molecule has 2 unspecified atom stereocenters. The first kappa shape index (κ1) is 10.5. The zero-order chi connectivity index (χ0) is 10.7. The lowest BCUT2D eigenvalue weighted by Crippen LogP contribution is -2.28. The Morgan fingerprint density at radius 2 is 1.93 bits per heavy atom. The van der Waals surface area contributed by atoms with Crippen molar-refractivity contribution in [1.82, 2.24) is 4.98 Å². The standard InChI is InChI=1S/C13H19NO/c1-10-6-11(2)8-13(7-10)15-12-4-3-5-14-9-12/h3-5,9-11,13H,6-8H2,1-2H3. The minimum atomic E-state index is 0.382. The van der Waals surface area contributed by atoms with Crippen LogP contribution in [-0.2, 0) is 0 Å². The van der Waals surface area contributed by atoms with Gasteiger partial charge in [-0.3, -0.25) is 4.98 Å². The Balaban J connectivity index is 1.94. The zero-order valence-electron chi connectivity index (χ0n) is 9.52. The molecule has 1 aliphatic carbocycles. The molecule has 1 heterocycles. The van der Waals surface area contributed by atoms with Crippen LogP contribution in [0.25, 0.3) is 0 Å². The van der Waals surface area contributed by atoms with E-state index in [1.165, 1.54) is 19.3 Å². The molecule has 0 aliphatic heterocycles. The normalized spacial score (nSPS) is 31.2. The molecule has 0 N–H and O–H groups in total. The summed E-state index contributed by atoms with van der Waals surface area (Å²) in [6.45, 7) is 4.63. The Kier molecular flexibility index (Phi) is 3.24. The lowest BCUT2D eigenvalue weighted by molar-refractivity contribution is 0.101. The molecule has 15 heavy (non-hydrogen) atoms. The lowest BCUT2D eigenvalue weighted by Gasteiger charge is -2.31. The van der Waals surface area contributed by atoms with Crippen LogP contribution >= 0.6 is 0 Å². The van der Waals surface area contributed by atoms with Crippen molar-refractivity contribution in [2.45, 2.75) is 39.2 Å². The molecule has 0 radical (unpaired) electrons. The molecule has 2 rings (SSSR count). The van der Waals surface area contributed by atoms with E-state index in [9.17, 15) is 0 Å². The van der Waals surface area contributed by atoms with Crippen LogP contribution in [0.3, 0.4) is 0 Å². The molecular weight excluding hydrogens is 186 g/mol. The quantitative estimate of drug-likeness (QED) is 0.739. The maximum Gasteiger partial charge on any atom is 0.137 e. The van der Waals surface area contributed by atoms with E-state index in [1.54, 1.807) is 12.4 Å². The van der Waals surface area contributed by atoms with E-state index >= 15 is 0 Å². The third kappa shape index (κ3) is 2.95. The second-order valence-corrected chi connectivity index (χ2v) is 4.85. The molecule has 1 saturated carbocycles. The maximum atomic E-state index is 5.93. The summed E-state index contributed by atoms with van der Waals surface area (Å²) in [6, 6.07) is 3.90. The Morgan fingerprint density at radius 1 is 1.20 bits per heavy atom. The first-order valence-corrected chi connectivity index (χ1v) is 5.80. The lowest BCUT2D eigenvalue weighted by atomic mass is 9.82. The van der Waals surface area contributed by atoms with Crippen molar-refractivity contribution in [2.24, 2.45) is 11.8 Å². The summed E-state index contributed by atoms with van der Waals surface area (Å²) >= 11 is 0. The average molecular weight is 205 g/mol. The van der Waals surface area contributed by atoms with E-state index in [2.05, 4.69) is 18.8 Å². The molecule has 2 nitrogen and oxygen atoms in total. The average Bonchev–Trinajstić information content (AvgIpc) is 2.17. The van der Waals surface area contributed by atoms with Crippen molar-refractivity contribution in [2.75, 3.05) is 0 Å². The third-order valence-electron chi connectivity index (χ3n) is 3.07. The van der Waals surface area contributed by atoms with Crippen LogP contribution < -0.4 is 4.74 Å². The van der Waals surface area contributed by atoms with E-state index in [0.717, 1.165) is 17.6 Å². The number of hydrogen-bond donors (Lipinski definition) is 0. The summed E-state index contributed by atoms with van der Waals surface area (Å²) < 4.78 is 5.93. The Labute approximate surface area is 91.7 Å². The summed E-state index contributed by atoms with van der Waals surface area (Å²) in [5, 5.41) is 0. The van der Waals surface area contributed by atoms with Crippen molar-refractivity contribution < 1.29 is 4.74 Å². The molecule has 0 amide bonds. The summed E-state index contributed by atoms with van der Waals surface area (Å²) in [7, 11) is 0. The molecule has 0 aromatic carbocycles. The van der Waals surface area contributed by atoms with Gasteiger partial charge in [-0.05, 0) is 43.2 Å². The summed E-state index contributed by atoms with van der Waals surface area (Å²) in [5.74, 6) is 2.48. The Hall–Kier alpha value is -1.05. The fraction of sp³-hybridized carbons (Fsp3) is 0.615. The number of aromatic nitrogens is 1. The van der Waals surface area contributed by atoms with Gasteiger partial charge in [0.2, 0.25) is 0 Å². The van der Waals surface area contributed by atoms with Crippen molar-refractivity contribution in [3.8, 4) is 5.75 Å². The van der Waals surface area contributed by atoms with Crippen LogP contribution in [0.5, 0.6) is 5.75 Å². The van der Waals surface area contributed by atoms with Gasteiger partial charge in [0.25, 0.3) is 0 Å². The van der Waals surface area contributed by atoms with Gasteiger partial charge in [-0.15, -0.1) is 0 Å². The van der Waals surface area contributed by atoms with E-state index < -0.39 is 0 Å². The second-order valence-electron chi connectivity index (χ2n) is 4.85. The maximum absolute atomic E-state index is 5.93. The van der Waals surface area contributed by atoms with Gasteiger partial charge in [-0.2, -0.15) is 0 Å². The molecule has 1 aromatic heterocycles. The number of ether oxygens (including phenoxy) is 1. The van der Waals surface area contributed by atoms with E-state index in [0.29, 0.717) is 6.10 Å². The monoisotopic (exact) mass is 205 g/mol. The van der Waals surface area contributed by atoms with Gasteiger partial charge in [0, 0.05) is 6.20 Å². The second kappa shape index (κ2) is 4.65. The molecule has 0 saturated heterocycles. The van der Waals surface area contributed by atoms with Crippen molar-refractivity contribution in [3.63, 3.8) is 0 Å². The third-order valence-corrected chi connectivity index (χ3v) is 3.07. The first-order chi connectivity index (χ1) is 7.24. The van der Waals surface area contributed by atoms with Crippen LogP contribution in [0, 0.1) is 11.8 Å². The van der Waals surface area contributed by atoms with E-state index in [4.69, 9.17) is 4.74 Å². The van der Waals surface area contributed by atoms with Gasteiger partial charge >= 0.3 is 0 Å². The van der Waals surface area contributed by atoms with Crippen molar-refractivity contribution in [1.29, 1.82) is 0 Å². The van der Waals surface area contributed by atoms with Crippen LogP contribution in [0.15, 0.2) is 24.5 Å². The van der Waals surface area contributed by atoms with E-state index in [1.807, 2.05) is 12.1 Å². The fourth-order valence-electron chi connectivity index (χ4n) is 2.58. The van der Waals surface area contributed by atoms with Crippen LogP contribution in [0.2, 0.25) is 0 Å². The van der Waals surface area contributed by atoms with E-state index in [-0.39, 0.29) is 0 Å². The molecule has 0 spiro atoms. The van der Waals surface area contributed by atoms with Gasteiger partial charge in [0.15, 0.2) is 0 Å². The van der Waals surface area contributed by atoms with Gasteiger partial charge < -0.3 is 4.74 Å². The molecular formula is C13H19NO. The van der Waals surface area contributed by atoms with Gasteiger partial charge in [-0.1, -0.05) is 13.8 Å². The molecule has 1 aromatic rings. The predicted octanol–water partition coefficient (Wildman–Crippen LogP) is 3.29. The highest BCUT2D eigenvalue weighted by atomic mass is 16.5. The Morgan fingerprint density at radius 3 is 2.53 bits per heavy atom. The van der Waals surface area contributed by atoms with Crippen LogP contribution in [0.1, 0.15) is 33.1 Å². The molecule has 2 heteroatoms. The van der Waals surface area contributed by atoms with Crippen LogP contribution in [0.4, 0.5) is 0 Å². The highest BCUT2D eigenvalue weighted by molar-refractivity contribution is 5.15. The smallest absolute Gasteiger partial charge is 0.137 e.